The van der Waals surface area contributed by atoms with Crippen LogP contribution >= 0.6 is 0 Å². The van der Waals surface area contributed by atoms with Crippen molar-refractivity contribution >= 4 is 23.3 Å². The monoisotopic (exact) mass is 262 g/mol. The van der Waals surface area contributed by atoms with Crippen molar-refractivity contribution in [3.05, 3.63) is 36.4 Å². The molecule has 102 valence electrons. The molecule has 0 unspecified atom stereocenters. The van der Waals surface area contributed by atoms with E-state index in [1.807, 2.05) is 0 Å². The second kappa shape index (κ2) is 5.56. The first-order valence-electron chi connectivity index (χ1n) is 5.81. The van der Waals surface area contributed by atoms with Crippen LogP contribution in [-0.2, 0) is 9.59 Å². The summed E-state index contributed by atoms with van der Waals surface area (Å²) in [4.78, 5) is 22.4. The number of aliphatic carboxylic acids is 1. The Balaban J connectivity index is 2.75. The number of hydrogen-bond acceptors (Lipinski definition) is 3. The lowest BCUT2D eigenvalue weighted by Gasteiger charge is -2.22. The molecule has 1 aromatic rings. The Bertz CT molecular complexity index is 504. The van der Waals surface area contributed by atoms with Crippen molar-refractivity contribution in [3.63, 3.8) is 0 Å². The third kappa shape index (κ3) is 4.13. The van der Waals surface area contributed by atoms with E-state index < -0.39 is 11.5 Å². The first kappa shape index (κ1) is 14.8. The van der Waals surface area contributed by atoms with Gasteiger partial charge in [0, 0.05) is 16.9 Å². The van der Waals surface area contributed by atoms with Crippen LogP contribution in [0, 0.1) is 0 Å². The average Bonchev–Trinajstić information content (AvgIpc) is 2.30. The molecule has 0 heterocycles. The zero-order valence-electron chi connectivity index (χ0n) is 11.3. The van der Waals surface area contributed by atoms with Gasteiger partial charge in [0.1, 0.15) is 5.54 Å². The van der Waals surface area contributed by atoms with E-state index in [1.165, 1.54) is 0 Å². The largest absolute Gasteiger partial charge is 0.480 e. The van der Waals surface area contributed by atoms with Crippen LogP contribution < -0.4 is 10.6 Å². The Labute approximate surface area is 112 Å². The van der Waals surface area contributed by atoms with Crippen LogP contribution in [0.5, 0.6) is 0 Å². The maximum Gasteiger partial charge on any atom is 0.328 e. The fraction of sp³-hybridized carbons (Fsp3) is 0.286. The summed E-state index contributed by atoms with van der Waals surface area (Å²) in [6, 6.07) is 6.81. The summed E-state index contributed by atoms with van der Waals surface area (Å²) in [7, 11) is 0. The summed E-state index contributed by atoms with van der Waals surface area (Å²) < 4.78 is 0. The molecule has 0 aliphatic rings. The van der Waals surface area contributed by atoms with E-state index in [4.69, 9.17) is 5.11 Å². The third-order valence-corrected chi connectivity index (χ3v) is 2.52. The van der Waals surface area contributed by atoms with Gasteiger partial charge in [0.2, 0.25) is 0 Å². The molecule has 1 aromatic carbocycles. The van der Waals surface area contributed by atoms with Crippen molar-refractivity contribution < 1.29 is 14.7 Å². The minimum atomic E-state index is -1.05. The smallest absolute Gasteiger partial charge is 0.328 e. The average molecular weight is 262 g/mol. The van der Waals surface area contributed by atoms with Crippen LogP contribution in [0.4, 0.5) is 11.4 Å². The van der Waals surface area contributed by atoms with Crippen LogP contribution in [-0.4, -0.2) is 22.5 Å². The molecular weight excluding hydrogens is 244 g/mol. The van der Waals surface area contributed by atoms with Crippen molar-refractivity contribution in [1.29, 1.82) is 0 Å². The topological polar surface area (TPSA) is 78.4 Å². The van der Waals surface area contributed by atoms with Gasteiger partial charge >= 0.3 is 5.97 Å². The van der Waals surface area contributed by atoms with Gasteiger partial charge in [-0.05, 0) is 45.0 Å². The van der Waals surface area contributed by atoms with Gasteiger partial charge in [0.05, 0.1) is 0 Å². The van der Waals surface area contributed by atoms with Gasteiger partial charge in [-0.3, -0.25) is 4.79 Å². The predicted octanol–water partition coefficient (Wildman–Crippen LogP) is 2.48. The molecule has 0 bridgehead atoms. The molecule has 1 amide bonds. The lowest BCUT2D eigenvalue weighted by Crippen LogP contribution is -2.39. The molecule has 0 aliphatic carbocycles. The zero-order valence-corrected chi connectivity index (χ0v) is 11.3. The number of carboxylic acid groups (broad SMARTS) is 1. The first-order valence-corrected chi connectivity index (χ1v) is 5.81. The molecule has 5 heteroatoms. The number of amides is 1. The molecule has 0 aliphatic heterocycles. The second-order valence-electron chi connectivity index (χ2n) is 4.87. The van der Waals surface area contributed by atoms with E-state index >= 15 is 0 Å². The molecule has 0 saturated heterocycles. The lowest BCUT2D eigenvalue weighted by atomic mass is 10.1. The normalized spacial score (nSPS) is 10.7. The quantitative estimate of drug-likeness (QED) is 0.712. The Hall–Kier alpha value is -2.30. The highest BCUT2D eigenvalue weighted by Crippen LogP contribution is 2.18. The van der Waals surface area contributed by atoms with Gasteiger partial charge in [-0.2, -0.15) is 0 Å². The molecule has 0 radical (unpaired) electrons. The molecule has 19 heavy (non-hydrogen) atoms. The van der Waals surface area contributed by atoms with Crippen molar-refractivity contribution in [2.24, 2.45) is 0 Å². The zero-order chi connectivity index (χ0) is 14.6. The minimum absolute atomic E-state index is 0.244. The van der Waals surface area contributed by atoms with Crippen LogP contribution in [0.1, 0.15) is 20.8 Å². The lowest BCUT2D eigenvalue weighted by molar-refractivity contribution is -0.141. The summed E-state index contributed by atoms with van der Waals surface area (Å²) >= 11 is 0. The van der Waals surface area contributed by atoms with Gasteiger partial charge in [0.15, 0.2) is 0 Å². The van der Waals surface area contributed by atoms with Gasteiger partial charge in [-0.25, -0.2) is 4.79 Å². The standard InChI is InChI=1S/C14H18N2O3/c1-9(2)12(17)15-10-5-7-11(8-6-10)16-14(3,4)13(18)19/h5-8,16H,1H2,2-4H3,(H,15,17)(H,18,19). The number of carbonyl (C=O) groups is 2. The fourth-order valence-corrected chi connectivity index (χ4v) is 1.29. The van der Waals surface area contributed by atoms with Crippen molar-refractivity contribution in [2.75, 3.05) is 10.6 Å². The van der Waals surface area contributed by atoms with E-state index in [-0.39, 0.29) is 5.91 Å². The summed E-state index contributed by atoms with van der Waals surface area (Å²) in [5, 5.41) is 14.6. The first-order chi connectivity index (χ1) is 8.72. The van der Waals surface area contributed by atoms with Gasteiger partial charge in [-0.1, -0.05) is 6.58 Å². The number of carboxylic acids is 1. The van der Waals surface area contributed by atoms with Crippen molar-refractivity contribution in [1.82, 2.24) is 0 Å². The molecule has 0 atom stereocenters. The molecule has 0 fully saturated rings. The summed E-state index contributed by atoms with van der Waals surface area (Å²) in [6.07, 6.45) is 0. The van der Waals surface area contributed by atoms with Crippen LogP contribution in [0.2, 0.25) is 0 Å². The number of benzene rings is 1. The van der Waals surface area contributed by atoms with Crippen LogP contribution in [0.3, 0.4) is 0 Å². The van der Waals surface area contributed by atoms with Crippen molar-refractivity contribution in [2.45, 2.75) is 26.3 Å². The van der Waals surface area contributed by atoms with E-state index in [0.717, 1.165) is 0 Å². The van der Waals surface area contributed by atoms with Gasteiger partial charge in [-0.15, -0.1) is 0 Å². The minimum Gasteiger partial charge on any atom is -0.480 e. The third-order valence-electron chi connectivity index (χ3n) is 2.52. The molecule has 3 N–H and O–H groups in total. The summed E-state index contributed by atoms with van der Waals surface area (Å²) in [5.41, 5.74) is 0.671. The van der Waals surface area contributed by atoms with Gasteiger partial charge in [0.25, 0.3) is 5.91 Å². The summed E-state index contributed by atoms with van der Waals surface area (Å²) in [6.45, 7) is 8.32. The van der Waals surface area contributed by atoms with E-state index in [0.29, 0.717) is 16.9 Å². The molecule has 0 saturated carbocycles. The number of anilines is 2. The fourth-order valence-electron chi connectivity index (χ4n) is 1.29. The molecule has 5 nitrogen and oxygen atoms in total. The van der Waals surface area contributed by atoms with E-state index in [2.05, 4.69) is 17.2 Å². The highest BCUT2D eigenvalue weighted by Gasteiger charge is 2.26. The molecular formula is C14H18N2O3. The molecule has 1 rings (SSSR count). The van der Waals surface area contributed by atoms with Gasteiger partial charge < -0.3 is 15.7 Å². The van der Waals surface area contributed by atoms with Crippen LogP contribution in [0.15, 0.2) is 36.4 Å². The molecule has 0 spiro atoms. The second-order valence-corrected chi connectivity index (χ2v) is 4.87. The maximum absolute atomic E-state index is 11.4. The van der Waals surface area contributed by atoms with Crippen LogP contribution in [0.25, 0.3) is 0 Å². The number of hydrogen-bond donors (Lipinski definition) is 3. The highest BCUT2D eigenvalue weighted by atomic mass is 16.4. The Morgan fingerprint density at radius 2 is 1.63 bits per heavy atom. The Kier molecular flexibility index (Phi) is 4.32. The number of nitrogens with one attached hydrogen (secondary N) is 2. The Morgan fingerprint density at radius 3 is 2.05 bits per heavy atom. The highest BCUT2D eigenvalue weighted by molar-refractivity contribution is 6.02. The molecule has 0 aromatic heterocycles. The predicted molar refractivity (Wildman–Crippen MR) is 75.2 cm³/mol. The SMILES string of the molecule is C=C(C)C(=O)Nc1ccc(NC(C)(C)C(=O)O)cc1. The van der Waals surface area contributed by atoms with E-state index in [9.17, 15) is 9.59 Å². The number of rotatable bonds is 5. The number of carbonyl (C=O) groups excluding carboxylic acids is 1. The van der Waals surface area contributed by atoms with Crippen molar-refractivity contribution in [3.8, 4) is 0 Å². The Morgan fingerprint density at radius 1 is 1.16 bits per heavy atom. The van der Waals surface area contributed by atoms with E-state index in [1.54, 1.807) is 45.0 Å². The summed E-state index contributed by atoms with van der Waals surface area (Å²) in [5.74, 6) is -1.18. The maximum atomic E-state index is 11.4.